The molecule has 1 atom stereocenters. The van der Waals surface area contributed by atoms with Crippen LogP contribution in [0, 0.1) is 6.92 Å². The molecule has 1 N–H and O–H groups in total. The van der Waals surface area contributed by atoms with Gasteiger partial charge in [0.2, 0.25) is 0 Å². The molecule has 1 unspecified atom stereocenters. The van der Waals surface area contributed by atoms with E-state index in [1.165, 1.54) is 11.3 Å². The molecule has 92 valence electrons. The SMILES string of the molecule is CCn1cc(CC(O)c2scc(C)c2Cl)cn1. The summed E-state index contributed by atoms with van der Waals surface area (Å²) in [5, 5.41) is 17.0. The summed E-state index contributed by atoms with van der Waals surface area (Å²) in [6.45, 7) is 4.83. The normalized spacial score (nSPS) is 12.9. The molecule has 0 bridgehead atoms. The standard InChI is InChI=1S/C12H15ClN2OS/c1-3-15-6-9(5-14-15)4-10(16)12-11(13)8(2)7-17-12/h5-7,10,16H,3-4H2,1-2H3. The van der Waals surface area contributed by atoms with Crippen molar-refractivity contribution < 1.29 is 5.11 Å². The first-order valence-corrected chi connectivity index (χ1v) is 6.80. The van der Waals surface area contributed by atoms with Crippen molar-refractivity contribution in [2.24, 2.45) is 0 Å². The lowest BCUT2D eigenvalue weighted by atomic mass is 10.1. The first-order valence-electron chi connectivity index (χ1n) is 5.54. The summed E-state index contributed by atoms with van der Waals surface area (Å²) in [5.41, 5.74) is 2.05. The van der Waals surface area contributed by atoms with Crippen LogP contribution in [0.15, 0.2) is 17.8 Å². The highest BCUT2D eigenvalue weighted by molar-refractivity contribution is 7.10. The number of halogens is 1. The van der Waals surface area contributed by atoms with Crippen molar-refractivity contribution >= 4 is 22.9 Å². The van der Waals surface area contributed by atoms with Gasteiger partial charge in [-0.1, -0.05) is 11.6 Å². The van der Waals surface area contributed by atoms with Gasteiger partial charge in [-0.3, -0.25) is 4.68 Å². The minimum Gasteiger partial charge on any atom is -0.387 e. The zero-order valence-electron chi connectivity index (χ0n) is 9.85. The predicted octanol–water partition coefficient (Wildman–Crippen LogP) is 3.20. The summed E-state index contributed by atoms with van der Waals surface area (Å²) in [6, 6.07) is 0. The fourth-order valence-corrected chi connectivity index (χ4v) is 2.98. The summed E-state index contributed by atoms with van der Waals surface area (Å²) < 4.78 is 1.85. The minimum atomic E-state index is -0.546. The van der Waals surface area contributed by atoms with Gasteiger partial charge in [0.25, 0.3) is 0 Å². The van der Waals surface area contributed by atoms with Crippen LogP contribution in [0.5, 0.6) is 0 Å². The van der Waals surface area contributed by atoms with E-state index in [-0.39, 0.29) is 0 Å². The van der Waals surface area contributed by atoms with E-state index >= 15 is 0 Å². The zero-order chi connectivity index (χ0) is 12.4. The molecule has 2 rings (SSSR count). The Bertz CT molecular complexity index is 506. The largest absolute Gasteiger partial charge is 0.387 e. The Kier molecular flexibility index (Phi) is 3.86. The molecule has 0 aliphatic rings. The fourth-order valence-electron chi connectivity index (χ4n) is 1.68. The van der Waals surface area contributed by atoms with E-state index in [0.29, 0.717) is 11.4 Å². The van der Waals surface area contributed by atoms with Crippen molar-refractivity contribution in [2.75, 3.05) is 0 Å². The third-order valence-electron chi connectivity index (χ3n) is 2.67. The van der Waals surface area contributed by atoms with Gasteiger partial charge in [0.1, 0.15) is 0 Å². The Labute approximate surface area is 110 Å². The number of hydrogen-bond donors (Lipinski definition) is 1. The average Bonchev–Trinajstić information content (AvgIpc) is 2.88. The molecule has 0 amide bonds. The van der Waals surface area contributed by atoms with Gasteiger partial charge in [0.05, 0.1) is 22.2 Å². The molecular weight excluding hydrogens is 256 g/mol. The van der Waals surface area contributed by atoms with Crippen molar-refractivity contribution in [3.8, 4) is 0 Å². The monoisotopic (exact) mass is 270 g/mol. The predicted molar refractivity (Wildman–Crippen MR) is 70.6 cm³/mol. The summed E-state index contributed by atoms with van der Waals surface area (Å²) in [5.74, 6) is 0. The van der Waals surface area contributed by atoms with Crippen LogP contribution in [0.25, 0.3) is 0 Å². The number of rotatable bonds is 4. The molecule has 0 saturated heterocycles. The Morgan fingerprint density at radius 3 is 2.88 bits per heavy atom. The second kappa shape index (κ2) is 5.21. The molecule has 2 aromatic rings. The maximum atomic E-state index is 10.1. The second-order valence-corrected chi connectivity index (χ2v) is 5.31. The van der Waals surface area contributed by atoms with E-state index in [4.69, 9.17) is 11.6 Å². The highest BCUT2D eigenvalue weighted by Gasteiger charge is 2.16. The highest BCUT2D eigenvalue weighted by atomic mass is 35.5. The van der Waals surface area contributed by atoms with Crippen molar-refractivity contribution in [2.45, 2.75) is 32.9 Å². The van der Waals surface area contributed by atoms with Crippen LogP contribution in [0.1, 0.15) is 29.0 Å². The van der Waals surface area contributed by atoms with Gasteiger partial charge >= 0.3 is 0 Å². The lowest BCUT2D eigenvalue weighted by Gasteiger charge is -2.07. The third-order valence-corrected chi connectivity index (χ3v) is 4.48. The van der Waals surface area contributed by atoms with E-state index < -0.39 is 6.10 Å². The molecule has 0 spiro atoms. The summed E-state index contributed by atoms with van der Waals surface area (Å²) in [4.78, 5) is 0.841. The van der Waals surface area contributed by atoms with E-state index in [1.807, 2.05) is 30.1 Å². The van der Waals surface area contributed by atoms with Crippen molar-refractivity contribution in [3.05, 3.63) is 38.8 Å². The van der Waals surface area contributed by atoms with Crippen LogP contribution in [0.3, 0.4) is 0 Å². The zero-order valence-corrected chi connectivity index (χ0v) is 11.4. The van der Waals surface area contributed by atoms with Crippen LogP contribution in [-0.2, 0) is 13.0 Å². The first kappa shape index (κ1) is 12.6. The molecule has 0 saturated carbocycles. The fraction of sp³-hybridized carbons (Fsp3) is 0.417. The molecular formula is C12H15ClN2OS. The Morgan fingerprint density at radius 2 is 2.35 bits per heavy atom. The maximum Gasteiger partial charge on any atom is 0.0938 e. The molecule has 0 aromatic carbocycles. The van der Waals surface area contributed by atoms with Gasteiger partial charge in [0.15, 0.2) is 0 Å². The third kappa shape index (κ3) is 2.70. The summed E-state index contributed by atoms with van der Waals surface area (Å²) >= 11 is 7.64. The molecule has 5 heteroatoms. The quantitative estimate of drug-likeness (QED) is 0.926. The van der Waals surface area contributed by atoms with Crippen LogP contribution < -0.4 is 0 Å². The van der Waals surface area contributed by atoms with Crippen LogP contribution in [-0.4, -0.2) is 14.9 Å². The Morgan fingerprint density at radius 1 is 1.59 bits per heavy atom. The second-order valence-electron chi connectivity index (χ2n) is 4.02. The minimum absolute atomic E-state index is 0.546. The lowest BCUT2D eigenvalue weighted by Crippen LogP contribution is -1.99. The number of thiophene rings is 1. The number of nitrogens with zero attached hydrogens (tertiary/aromatic N) is 2. The van der Waals surface area contributed by atoms with Gasteiger partial charge in [-0.25, -0.2) is 0 Å². The highest BCUT2D eigenvalue weighted by Crippen LogP contribution is 2.33. The van der Waals surface area contributed by atoms with Crippen LogP contribution in [0.4, 0.5) is 0 Å². The topological polar surface area (TPSA) is 38.0 Å². The van der Waals surface area contributed by atoms with Gasteiger partial charge in [-0.05, 0) is 30.4 Å². The maximum absolute atomic E-state index is 10.1. The van der Waals surface area contributed by atoms with Crippen molar-refractivity contribution in [1.82, 2.24) is 9.78 Å². The van der Waals surface area contributed by atoms with Crippen LogP contribution >= 0.6 is 22.9 Å². The average molecular weight is 271 g/mol. The van der Waals surface area contributed by atoms with Gasteiger partial charge < -0.3 is 5.11 Å². The summed E-state index contributed by atoms with van der Waals surface area (Å²) in [6.07, 6.45) is 3.76. The van der Waals surface area contributed by atoms with Gasteiger partial charge in [-0.2, -0.15) is 5.10 Å². The number of hydrogen-bond acceptors (Lipinski definition) is 3. The number of aliphatic hydroxyl groups is 1. The number of aliphatic hydroxyl groups excluding tert-OH is 1. The smallest absolute Gasteiger partial charge is 0.0938 e. The molecule has 3 nitrogen and oxygen atoms in total. The van der Waals surface area contributed by atoms with Crippen molar-refractivity contribution in [1.29, 1.82) is 0 Å². The molecule has 0 aliphatic carbocycles. The number of aryl methyl sites for hydroxylation is 2. The molecule has 0 aliphatic heterocycles. The van der Waals surface area contributed by atoms with Gasteiger partial charge in [0, 0.05) is 19.2 Å². The van der Waals surface area contributed by atoms with E-state index in [2.05, 4.69) is 5.10 Å². The Hall–Kier alpha value is -0.840. The van der Waals surface area contributed by atoms with E-state index in [9.17, 15) is 5.11 Å². The lowest BCUT2D eigenvalue weighted by molar-refractivity contribution is 0.182. The number of aromatic nitrogens is 2. The molecule has 17 heavy (non-hydrogen) atoms. The van der Waals surface area contributed by atoms with E-state index in [0.717, 1.165) is 22.5 Å². The van der Waals surface area contributed by atoms with Gasteiger partial charge in [-0.15, -0.1) is 11.3 Å². The van der Waals surface area contributed by atoms with Crippen molar-refractivity contribution in [3.63, 3.8) is 0 Å². The molecule has 0 radical (unpaired) electrons. The molecule has 2 aromatic heterocycles. The Balaban J connectivity index is 2.11. The molecule has 2 heterocycles. The molecule has 0 fully saturated rings. The van der Waals surface area contributed by atoms with E-state index in [1.54, 1.807) is 6.20 Å². The summed E-state index contributed by atoms with van der Waals surface area (Å²) in [7, 11) is 0. The van der Waals surface area contributed by atoms with Crippen LogP contribution in [0.2, 0.25) is 5.02 Å². The first-order chi connectivity index (χ1) is 8.11.